The number of hydrogen-bond acceptors (Lipinski definition) is 2. The number of quaternary nitrogens is 1. The van der Waals surface area contributed by atoms with E-state index in [-0.39, 0.29) is 10.6 Å². The molecule has 0 saturated carbocycles. The Kier molecular flexibility index (Phi) is 4.93. The molecule has 2 aromatic rings. The monoisotopic (exact) mass is 308 g/mol. The number of hydrogen-bond donors (Lipinski definition) is 1. The van der Waals surface area contributed by atoms with E-state index >= 15 is 0 Å². The van der Waals surface area contributed by atoms with Crippen LogP contribution < -0.4 is 5.32 Å². The third kappa shape index (κ3) is 4.03. The fourth-order valence-electron chi connectivity index (χ4n) is 1.82. The van der Waals surface area contributed by atoms with Gasteiger partial charge in [-0.15, -0.1) is 0 Å². The summed E-state index contributed by atoms with van der Waals surface area (Å²) in [6.07, 6.45) is 0. The molecule has 0 aliphatic rings. The van der Waals surface area contributed by atoms with Crippen LogP contribution in [-0.2, 0) is 16.6 Å². The van der Waals surface area contributed by atoms with Crippen LogP contribution in [0.5, 0.6) is 0 Å². The lowest BCUT2D eigenvalue weighted by Gasteiger charge is -2.22. The van der Waals surface area contributed by atoms with Crippen LogP contribution in [0, 0.1) is 5.82 Å². The minimum atomic E-state index is -3.90. The van der Waals surface area contributed by atoms with Gasteiger partial charge in [0.15, 0.2) is 0 Å². The molecule has 21 heavy (non-hydrogen) atoms. The second-order valence-electron chi connectivity index (χ2n) is 4.56. The standard InChI is InChI=1S/C15H16FN2O2S/c1-2-17-11-12-7-9-13(10-8-12)21(19,20)18-15-6-4-3-5-14(15)16/h3-10,17H,2,11H2,1H3/q-1/p+1. The highest BCUT2D eigenvalue weighted by Crippen LogP contribution is 2.29. The van der Waals surface area contributed by atoms with Crippen LogP contribution in [0.4, 0.5) is 10.1 Å². The Morgan fingerprint density at radius 3 is 2.38 bits per heavy atom. The van der Waals surface area contributed by atoms with Gasteiger partial charge in [-0.25, -0.2) is 12.8 Å². The molecular formula is C15H17FN2O2S. The summed E-state index contributed by atoms with van der Waals surface area (Å²) < 4.78 is 41.3. The van der Waals surface area contributed by atoms with Crippen LogP contribution in [-0.4, -0.2) is 15.0 Å². The molecule has 2 N–H and O–H groups in total. The number of nitrogens with two attached hydrogens (primary N) is 1. The van der Waals surface area contributed by atoms with E-state index in [4.69, 9.17) is 0 Å². The maximum Gasteiger partial charge on any atom is 0.123 e. The van der Waals surface area contributed by atoms with Crippen LogP contribution in [0.3, 0.4) is 0 Å². The molecule has 6 heteroatoms. The molecule has 4 nitrogen and oxygen atoms in total. The number of rotatable bonds is 6. The van der Waals surface area contributed by atoms with Crippen molar-refractivity contribution in [1.82, 2.24) is 0 Å². The van der Waals surface area contributed by atoms with Crippen molar-refractivity contribution in [2.24, 2.45) is 0 Å². The van der Waals surface area contributed by atoms with Gasteiger partial charge in [0.1, 0.15) is 22.4 Å². The van der Waals surface area contributed by atoms with Crippen molar-refractivity contribution in [2.45, 2.75) is 18.4 Å². The van der Waals surface area contributed by atoms with E-state index in [1.54, 1.807) is 18.2 Å². The number of sulfonamides is 1. The van der Waals surface area contributed by atoms with Crippen LogP contribution in [0.1, 0.15) is 12.5 Å². The normalized spacial score (nSPS) is 11.3. The van der Waals surface area contributed by atoms with Crippen molar-refractivity contribution in [3.05, 3.63) is 64.6 Å². The molecule has 0 radical (unpaired) electrons. The smallest absolute Gasteiger partial charge is 0.123 e. The highest BCUT2D eigenvalue weighted by Gasteiger charge is 2.06. The highest BCUT2D eigenvalue weighted by molar-refractivity contribution is 7.94. The molecule has 0 spiro atoms. The zero-order chi connectivity index (χ0) is 15.3. The Balaban J connectivity index is 2.18. The predicted molar refractivity (Wildman–Crippen MR) is 79.2 cm³/mol. The summed E-state index contributed by atoms with van der Waals surface area (Å²) in [6.45, 7) is 3.80. The molecule has 2 rings (SSSR count). The fourth-order valence-corrected chi connectivity index (χ4v) is 2.81. The molecule has 112 valence electrons. The maximum absolute atomic E-state index is 13.5. The van der Waals surface area contributed by atoms with Gasteiger partial charge in [0.05, 0.1) is 11.4 Å². The van der Waals surface area contributed by atoms with Crippen molar-refractivity contribution in [1.29, 1.82) is 0 Å². The molecule has 0 bridgehead atoms. The molecule has 0 aliphatic carbocycles. The largest absolute Gasteiger partial charge is 0.570 e. The fraction of sp³-hybridized carbons (Fsp3) is 0.200. The van der Waals surface area contributed by atoms with E-state index in [1.807, 2.05) is 6.92 Å². The lowest BCUT2D eigenvalue weighted by Crippen LogP contribution is -2.81. The van der Waals surface area contributed by atoms with Gasteiger partial charge in [0.2, 0.25) is 0 Å². The third-order valence-electron chi connectivity index (χ3n) is 2.96. The van der Waals surface area contributed by atoms with Gasteiger partial charge in [-0.2, -0.15) is 0 Å². The average Bonchev–Trinajstić information content (AvgIpc) is 2.48. The molecule has 0 saturated heterocycles. The number of halogens is 1. The lowest BCUT2D eigenvalue weighted by atomic mass is 10.2. The van der Waals surface area contributed by atoms with Crippen molar-refractivity contribution in [2.75, 3.05) is 6.54 Å². The molecule has 0 fully saturated rings. The summed E-state index contributed by atoms with van der Waals surface area (Å²) in [5.41, 5.74) is 0.850. The lowest BCUT2D eigenvalue weighted by molar-refractivity contribution is -0.667. The van der Waals surface area contributed by atoms with E-state index in [1.165, 1.54) is 30.3 Å². The van der Waals surface area contributed by atoms with Gasteiger partial charge in [0, 0.05) is 5.56 Å². The van der Waals surface area contributed by atoms with Crippen LogP contribution >= 0.6 is 0 Å². The minimum Gasteiger partial charge on any atom is -0.570 e. The highest BCUT2D eigenvalue weighted by atomic mass is 32.2. The zero-order valence-electron chi connectivity index (χ0n) is 11.7. The first-order valence-electron chi connectivity index (χ1n) is 6.66. The van der Waals surface area contributed by atoms with Gasteiger partial charge >= 0.3 is 0 Å². The Bertz CT molecular complexity index is 700. The van der Waals surface area contributed by atoms with Crippen molar-refractivity contribution in [3.63, 3.8) is 0 Å². The van der Waals surface area contributed by atoms with Crippen molar-refractivity contribution >= 4 is 15.7 Å². The van der Waals surface area contributed by atoms with Crippen LogP contribution in [0.25, 0.3) is 4.72 Å². The summed E-state index contributed by atoms with van der Waals surface area (Å²) in [5, 5.41) is 2.10. The Hall–Kier alpha value is -1.92. The first kappa shape index (κ1) is 15.5. The summed E-state index contributed by atoms with van der Waals surface area (Å²) >= 11 is 0. The molecule has 0 heterocycles. The van der Waals surface area contributed by atoms with E-state index in [0.717, 1.165) is 18.7 Å². The second-order valence-corrected chi connectivity index (χ2v) is 6.17. The Labute approximate surface area is 124 Å². The second kappa shape index (κ2) is 6.69. The summed E-state index contributed by atoms with van der Waals surface area (Å²) in [5.74, 6) is -0.657. The van der Waals surface area contributed by atoms with Gasteiger partial charge in [-0.3, -0.25) is 0 Å². The molecule has 0 amide bonds. The van der Waals surface area contributed by atoms with E-state index < -0.39 is 15.8 Å². The molecule has 0 atom stereocenters. The Morgan fingerprint density at radius 2 is 1.76 bits per heavy atom. The van der Waals surface area contributed by atoms with Gasteiger partial charge in [-0.05, 0) is 25.1 Å². The quantitative estimate of drug-likeness (QED) is 0.890. The summed E-state index contributed by atoms with van der Waals surface area (Å²) in [4.78, 5) is 0.0611. The van der Waals surface area contributed by atoms with Crippen LogP contribution in [0.15, 0.2) is 53.4 Å². The van der Waals surface area contributed by atoms with E-state index in [2.05, 4.69) is 10.0 Å². The first-order chi connectivity index (χ1) is 10.0. The zero-order valence-corrected chi connectivity index (χ0v) is 12.5. The summed E-state index contributed by atoms with van der Waals surface area (Å²) in [6, 6.07) is 12.0. The van der Waals surface area contributed by atoms with Crippen molar-refractivity contribution < 1.29 is 18.1 Å². The van der Waals surface area contributed by atoms with Gasteiger partial charge < -0.3 is 10.0 Å². The molecule has 2 aromatic carbocycles. The summed E-state index contributed by atoms with van der Waals surface area (Å²) in [7, 11) is -3.90. The average molecular weight is 308 g/mol. The molecule has 0 aliphatic heterocycles. The molecule has 0 aromatic heterocycles. The van der Waals surface area contributed by atoms with Crippen LogP contribution in [0.2, 0.25) is 0 Å². The molecule has 0 unspecified atom stereocenters. The SMILES string of the molecule is CC[NH2+]Cc1ccc(S(=O)(=O)[N-]c2ccccc2F)cc1. The number of nitrogens with zero attached hydrogens (tertiary/aromatic N) is 1. The predicted octanol–water partition coefficient (Wildman–Crippen LogP) is 2.30. The Morgan fingerprint density at radius 1 is 1.10 bits per heavy atom. The van der Waals surface area contributed by atoms with Gasteiger partial charge in [0.25, 0.3) is 0 Å². The minimum absolute atomic E-state index is 0.0611. The first-order valence-corrected chi connectivity index (χ1v) is 8.10. The topological polar surface area (TPSA) is 64.8 Å². The van der Waals surface area contributed by atoms with E-state index in [9.17, 15) is 12.8 Å². The number of benzene rings is 2. The van der Waals surface area contributed by atoms with Crippen molar-refractivity contribution in [3.8, 4) is 0 Å². The van der Waals surface area contributed by atoms with E-state index in [0.29, 0.717) is 0 Å². The molecular weight excluding hydrogens is 291 g/mol. The van der Waals surface area contributed by atoms with Gasteiger partial charge in [-0.1, -0.05) is 36.0 Å². The maximum atomic E-state index is 13.5. The third-order valence-corrected chi connectivity index (χ3v) is 4.27.